The van der Waals surface area contributed by atoms with E-state index in [-0.39, 0.29) is 6.61 Å². The number of benzene rings is 1. The molecule has 3 nitrogen and oxygen atoms in total. The lowest BCUT2D eigenvalue weighted by Crippen LogP contribution is -2.45. The number of aliphatic hydroxyl groups is 1. The van der Waals surface area contributed by atoms with Crippen LogP contribution in [0.4, 0.5) is 0 Å². The minimum Gasteiger partial charge on any atom is -0.395 e. The van der Waals surface area contributed by atoms with Crippen LogP contribution in [-0.2, 0) is 6.54 Å². The molecule has 106 valence electrons. The molecular weight excluding hydrogens is 236 g/mol. The Hall–Kier alpha value is -0.900. The molecule has 19 heavy (non-hydrogen) atoms. The van der Waals surface area contributed by atoms with Crippen molar-refractivity contribution in [3.8, 4) is 0 Å². The Morgan fingerprint density at radius 3 is 2.58 bits per heavy atom. The molecule has 0 aliphatic heterocycles. The first-order chi connectivity index (χ1) is 9.35. The van der Waals surface area contributed by atoms with E-state index in [9.17, 15) is 5.11 Å². The molecular formula is C16H26N2O. The van der Waals surface area contributed by atoms with Gasteiger partial charge in [0, 0.05) is 19.1 Å². The van der Waals surface area contributed by atoms with Crippen molar-refractivity contribution in [3.05, 3.63) is 35.9 Å². The second-order valence-corrected chi connectivity index (χ2v) is 5.53. The number of rotatable bonds is 6. The Morgan fingerprint density at radius 1 is 1.16 bits per heavy atom. The fourth-order valence-corrected chi connectivity index (χ4v) is 3.25. The van der Waals surface area contributed by atoms with Crippen LogP contribution in [0.1, 0.15) is 31.2 Å². The van der Waals surface area contributed by atoms with E-state index in [2.05, 4.69) is 29.2 Å². The second-order valence-electron chi connectivity index (χ2n) is 5.53. The number of nitrogens with zero attached hydrogens (tertiary/aromatic N) is 1. The molecule has 2 unspecified atom stereocenters. The summed E-state index contributed by atoms with van der Waals surface area (Å²) in [7, 11) is 0. The molecule has 0 spiro atoms. The molecule has 0 radical (unpaired) electrons. The molecule has 1 aromatic carbocycles. The van der Waals surface area contributed by atoms with Crippen LogP contribution >= 0.6 is 0 Å². The Kier molecular flexibility index (Phi) is 5.83. The van der Waals surface area contributed by atoms with Crippen LogP contribution in [-0.4, -0.2) is 35.7 Å². The monoisotopic (exact) mass is 262 g/mol. The SMILES string of the molecule is NCC1CCCCC1N(CCO)Cc1ccccc1. The summed E-state index contributed by atoms with van der Waals surface area (Å²) in [5, 5.41) is 9.33. The lowest BCUT2D eigenvalue weighted by molar-refractivity contribution is 0.0800. The maximum absolute atomic E-state index is 9.33. The van der Waals surface area contributed by atoms with E-state index in [1.807, 2.05) is 6.07 Å². The van der Waals surface area contributed by atoms with Gasteiger partial charge in [0.1, 0.15) is 0 Å². The van der Waals surface area contributed by atoms with Crippen LogP contribution in [0.2, 0.25) is 0 Å². The maximum Gasteiger partial charge on any atom is 0.0558 e. The van der Waals surface area contributed by atoms with Gasteiger partial charge in [-0.15, -0.1) is 0 Å². The average molecular weight is 262 g/mol. The third kappa shape index (κ3) is 4.03. The highest BCUT2D eigenvalue weighted by Crippen LogP contribution is 2.28. The highest BCUT2D eigenvalue weighted by Gasteiger charge is 2.28. The van der Waals surface area contributed by atoms with Crippen molar-refractivity contribution in [3.63, 3.8) is 0 Å². The zero-order valence-corrected chi connectivity index (χ0v) is 11.7. The molecule has 0 bridgehead atoms. The Labute approximate surface area is 116 Å². The summed E-state index contributed by atoms with van der Waals surface area (Å²) in [6.45, 7) is 2.65. The molecule has 3 heteroatoms. The van der Waals surface area contributed by atoms with E-state index < -0.39 is 0 Å². The molecule has 1 aliphatic carbocycles. The lowest BCUT2D eigenvalue weighted by Gasteiger charge is -2.39. The highest BCUT2D eigenvalue weighted by atomic mass is 16.3. The molecule has 1 saturated carbocycles. The maximum atomic E-state index is 9.33. The van der Waals surface area contributed by atoms with Crippen LogP contribution in [0.3, 0.4) is 0 Å². The van der Waals surface area contributed by atoms with Crippen LogP contribution < -0.4 is 5.73 Å². The van der Waals surface area contributed by atoms with Crippen molar-refractivity contribution >= 4 is 0 Å². The van der Waals surface area contributed by atoms with Crippen molar-refractivity contribution < 1.29 is 5.11 Å². The first-order valence-corrected chi connectivity index (χ1v) is 7.44. The van der Waals surface area contributed by atoms with Crippen molar-refractivity contribution in [1.82, 2.24) is 4.90 Å². The fraction of sp³-hybridized carbons (Fsp3) is 0.625. The summed E-state index contributed by atoms with van der Waals surface area (Å²) in [5.41, 5.74) is 7.25. The van der Waals surface area contributed by atoms with Crippen LogP contribution in [0.25, 0.3) is 0 Å². The molecule has 0 amide bonds. The van der Waals surface area contributed by atoms with Gasteiger partial charge in [0.15, 0.2) is 0 Å². The Bertz CT molecular complexity index is 355. The van der Waals surface area contributed by atoms with E-state index in [4.69, 9.17) is 5.73 Å². The fourth-order valence-electron chi connectivity index (χ4n) is 3.25. The van der Waals surface area contributed by atoms with Gasteiger partial charge in [-0.05, 0) is 30.9 Å². The van der Waals surface area contributed by atoms with Crippen LogP contribution in [0.15, 0.2) is 30.3 Å². The van der Waals surface area contributed by atoms with Crippen molar-refractivity contribution in [2.75, 3.05) is 19.7 Å². The first kappa shape index (κ1) is 14.5. The topological polar surface area (TPSA) is 49.5 Å². The number of hydrogen-bond acceptors (Lipinski definition) is 3. The summed E-state index contributed by atoms with van der Waals surface area (Å²) in [6, 6.07) is 11.0. The zero-order chi connectivity index (χ0) is 13.5. The summed E-state index contributed by atoms with van der Waals surface area (Å²) in [6.07, 6.45) is 5.04. The highest BCUT2D eigenvalue weighted by molar-refractivity contribution is 5.14. The standard InChI is InChI=1S/C16H26N2O/c17-12-15-8-4-5-9-16(15)18(10-11-19)13-14-6-2-1-3-7-14/h1-3,6-7,15-16,19H,4-5,8-13,17H2. The molecule has 0 heterocycles. The molecule has 2 atom stereocenters. The van der Waals surface area contributed by atoms with Gasteiger partial charge in [0.05, 0.1) is 6.61 Å². The van der Waals surface area contributed by atoms with Crippen LogP contribution in [0, 0.1) is 5.92 Å². The smallest absolute Gasteiger partial charge is 0.0558 e. The van der Waals surface area contributed by atoms with Gasteiger partial charge in [0.2, 0.25) is 0 Å². The van der Waals surface area contributed by atoms with Crippen molar-refractivity contribution in [2.24, 2.45) is 11.7 Å². The average Bonchev–Trinajstić information content (AvgIpc) is 2.48. The third-order valence-electron chi connectivity index (χ3n) is 4.26. The van der Waals surface area contributed by atoms with E-state index in [1.165, 1.54) is 31.2 Å². The van der Waals surface area contributed by atoms with Gasteiger partial charge in [0.25, 0.3) is 0 Å². The Morgan fingerprint density at radius 2 is 1.89 bits per heavy atom. The molecule has 1 aromatic rings. The summed E-state index contributed by atoms with van der Waals surface area (Å²) in [4.78, 5) is 2.42. The largest absolute Gasteiger partial charge is 0.395 e. The normalized spacial score (nSPS) is 23.7. The molecule has 0 saturated heterocycles. The van der Waals surface area contributed by atoms with E-state index in [0.29, 0.717) is 12.0 Å². The molecule has 1 fully saturated rings. The summed E-state index contributed by atoms with van der Waals surface area (Å²) in [5.74, 6) is 0.587. The number of hydrogen-bond donors (Lipinski definition) is 2. The zero-order valence-electron chi connectivity index (χ0n) is 11.7. The van der Waals surface area contributed by atoms with Gasteiger partial charge in [-0.3, -0.25) is 4.90 Å². The quantitative estimate of drug-likeness (QED) is 0.824. The van der Waals surface area contributed by atoms with Gasteiger partial charge >= 0.3 is 0 Å². The lowest BCUT2D eigenvalue weighted by atomic mass is 9.83. The first-order valence-electron chi connectivity index (χ1n) is 7.44. The van der Waals surface area contributed by atoms with Gasteiger partial charge < -0.3 is 10.8 Å². The number of aliphatic hydroxyl groups excluding tert-OH is 1. The number of nitrogens with two attached hydrogens (primary N) is 1. The predicted molar refractivity (Wildman–Crippen MR) is 78.7 cm³/mol. The second kappa shape index (κ2) is 7.63. The molecule has 3 N–H and O–H groups in total. The predicted octanol–water partition coefficient (Wildman–Crippen LogP) is 2.00. The van der Waals surface area contributed by atoms with Gasteiger partial charge in [-0.2, -0.15) is 0 Å². The van der Waals surface area contributed by atoms with Crippen molar-refractivity contribution in [2.45, 2.75) is 38.3 Å². The summed E-state index contributed by atoms with van der Waals surface area (Å²) < 4.78 is 0. The minimum atomic E-state index is 0.223. The van der Waals surface area contributed by atoms with Crippen LogP contribution in [0.5, 0.6) is 0 Å². The van der Waals surface area contributed by atoms with E-state index in [0.717, 1.165) is 19.6 Å². The molecule has 0 aromatic heterocycles. The third-order valence-corrected chi connectivity index (χ3v) is 4.26. The Balaban J connectivity index is 2.05. The summed E-state index contributed by atoms with van der Waals surface area (Å²) >= 11 is 0. The van der Waals surface area contributed by atoms with Gasteiger partial charge in [-0.25, -0.2) is 0 Å². The molecule has 2 rings (SSSR count). The minimum absolute atomic E-state index is 0.223. The van der Waals surface area contributed by atoms with E-state index >= 15 is 0 Å². The van der Waals surface area contributed by atoms with E-state index in [1.54, 1.807) is 0 Å². The molecule has 1 aliphatic rings. The van der Waals surface area contributed by atoms with Crippen molar-refractivity contribution in [1.29, 1.82) is 0 Å². The van der Waals surface area contributed by atoms with Gasteiger partial charge in [-0.1, -0.05) is 43.2 Å².